The summed E-state index contributed by atoms with van der Waals surface area (Å²) in [6, 6.07) is 10.7. The van der Waals surface area contributed by atoms with Crippen molar-refractivity contribution in [2.75, 3.05) is 0 Å². The highest BCUT2D eigenvalue weighted by atomic mass is 32.2. The molecule has 1 atom stereocenters. The van der Waals surface area contributed by atoms with Crippen molar-refractivity contribution in [2.24, 2.45) is 10.1 Å². The van der Waals surface area contributed by atoms with Gasteiger partial charge < -0.3 is 4.57 Å². The first-order valence-electron chi connectivity index (χ1n) is 11.1. The Morgan fingerprint density at radius 1 is 1.19 bits per heavy atom. The number of nitrogens with zero attached hydrogens (tertiary/aromatic N) is 4. The number of amidine groups is 2. The minimum absolute atomic E-state index is 0.0845. The highest BCUT2D eigenvalue weighted by Gasteiger charge is 2.35. The van der Waals surface area contributed by atoms with E-state index >= 15 is 0 Å². The molecule has 32 heavy (non-hydrogen) atoms. The molecule has 0 saturated heterocycles. The first-order chi connectivity index (χ1) is 15.3. The summed E-state index contributed by atoms with van der Waals surface area (Å²) >= 11 is 1.38. The Balaban J connectivity index is 1.67. The second-order valence-corrected chi connectivity index (χ2v) is 9.37. The van der Waals surface area contributed by atoms with Crippen LogP contribution in [0, 0.1) is 19.3 Å². The number of benzene rings is 1. The minimum Gasteiger partial charge on any atom is -0.318 e. The van der Waals surface area contributed by atoms with Crippen LogP contribution in [0.1, 0.15) is 68.5 Å². The number of rotatable bonds is 6. The lowest BCUT2D eigenvalue weighted by Gasteiger charge is -2.20. The van der Waals surface area contributed by atoms with Gasteiger partial charge in [0.15, 0.2) is 5.84 Å². The van der Waals surface area contributed by atoms with Gasteiger partial charge in [0.25, 0.3) is 5.91 Å². The highest BCUT2D eigenvalue weighted by Crippen LogP contribution is 2.31. The molecule has 1 aromatic carbocycles. The number of aromatic nitrogens is 1. The maximum atomic E-state index is 12.7. The van der Waals surface area contributed by atoms with E-state index in [0.717, 1.165) is 46.9 Å². The highest BCUT2D eigenvalue weighted by molar-refractivity contribution is 8.26. The van der Waals surface area contributed by atoms with E-state index in [4.69, 9.17) is 5.41 Å². The van der Waals surface area contributed by atoms with Crippen molar-refractivity contribution in [3.63, 3.8) is 0 Å². The Morgan fingerprint density at radius 2 is 1.91 bits per heavy atom. The number of hydrogen-bond acceptors (Lipinski definition) is 4. The molecule has 0 fully saturated rings. The molecule has 2 aliphatic rings. The molecule has 3 heterocycles. The number of fused-ring (bicyclic) bond motifs is 1. The van der Waals surface area contributed by atoms with Crippen LogP contribution in [0.4, 0.5) is 0 Å². The largest absolute Gasteiger partial charge is 0.318 e. The summed E-state index contributed by atoms with van der Waals surface area (Å²) in [5.74, 6) is 0.236. The van der Waals surface area contributed by atoms with Crippen LogP contribution < -0.4 is 0 Å². The number of hydrogen-bond donors (Lipinski definition) is 1. The summed E-state index contributed by atoms with van der Waals surface area (Å²) in [7, 11) is 0. The summed E-state index contributed by atoms with van der Waals surface area (Å²) in [5.41, 5.74) is 5.69. The van der Waals surface area contributed by atoms with Gasteiger partial charge in [-0.15, -0.1) is 0 Å². The standard InChI is InChI=1S/C25H29N5OS/c1-6-8-22-28-30-23(26)21(24(31)27-25(30)32-22)14-19-13-16(4)29(17(19)5)20-11-9-18(10-12-20)15(3)7-2/h9-15,26H,6-8H2,1-5H3/b21-14-,26-23?/t15-/m0/s1. The lowest BCUT2D eigenvalue weighted by Crippen LogP contribution is -2.35. The zero-order valence-corrected chi connectivity index (χ0v) is 20.1. The van der Waals surface area contributed by atoms with Crippen LogP contribution in [0.25, 0.3) is 11.8 Å². The molecule has 1 amide bonds. The number of carbonyl (C=O) groups excluding carboxylic acids is 1. The van der Waals surface area contributed by atoms with Gasteiger partial charge in [-0.25, -0.2) is 0 Å². The van der Waals surface area contributed by atoms with E-state index in [1.165, 1.54) is 22.3 Å². The molecule has 0 spiro atoms. The van der Waals surface area contributed by atoms with Crippen LogP contribution in [0.5, 0.6) is 0 Å². The second-order valence-electron chi connectivity index (χ2n) is 8.33. The zero-order chi connectivity index (χ0) is 23.0. The summed E-state index contributed by atoms with van der Waals surface area (Å²) < 4.78 is 2.18. The van der Waals surface area contributed by atoms with Crippen LogP contribution in [-0.2, 0) is 4.79 Å². The molecule has 1 N–H and O–H groups in total. The smallest absolute Gasteiger partial charge is 0.283 e. The van der Waals surface area contributed by atoms with Gasteiger partial charge in [0, 0.05) is 17.1 Å². The third kappa shape index (κ3) is 3.97. The molecule has 166 valence electrons. The summed E-state index contributed by atoms with van der Waals surface area (Å²) in [5, 5.41) is 15.9. The predicted octanol–water partition coefficient (Wildman–Crippen LogP) is 6.03. The van der Waals surface area contributed by atoms with E-state index in [-0.39, 0.29) is 17.3 Å². The Labute approximate surface area is 193 Å². The maximum Gasteiger partial charge on any atom is 0.283 e. The number of hydrazone groups is 1. The van der Waals surface area contributed by atoms with Crippen molar-refractivity contribution in [3.05, 3.63) is 58.4 Å². The number of carbonyl (C=O) groups is 1. The van der Waals surface area contributed by atoms with Crippen molar-refractivity contribution < 1.29 is 4.79 Å². The Hall–Kier alpha value is -2.93. The third-order valence-electron chi connectivity index (χ3n) is 6.06. The molecular formula is C25H29N5OS. The number of aliphatic imine (C=N–C) groups is 1. The van der Waals surface area contributed by atoms with Gasteiger partial charge in [-0.1, -0.05) is 32.9 Å². The third-order valence-corrected chi connectivity index (χ3v) is 7.03. The Morgan fingerprint density at radius 3 is 2.56 bits per heavy atom. The van der Waals surface area contributed by atoms with Gasteiger partial charge in [0.1, 0.15) is 5.04 Å². The average molecular weight is 448 g/mol. The first-order valence-corrected chi connectivity index (χ1v) is 11.9. The molecule has 0 aliphatic carbocycles. The predicted molar refractivity (Wildman–Crippen MR) is 134 cm³/mol. The van der Waals surface area contributed by atoms with Crippen LogP contribution in [-0.4, -0.2) is 31.5 Å². The van der Waals surface area contributed by atoms with Crippen LogP contribution in [0.3, 0.4) is 0 Å². The SMILES string of the molecule is CCCC1=NN2C(=N)/C(=C/c3cc(C)n(-c4ccc([C@@H](C)CC)cc4)c3C)C(=O)N=C2S1. The molecule has 0 unspecified atom stereocenters. The molecule has 1 aromatic heterocycles. The average Bonchev–Trinajstić information content (AvgIpc) is 3.30. The second kappa shape index (κ2) is 8.90. The van der Waals surface area contributed by atoms with Crippen LogP contribution in [0.15, 0.2) is 46.0 Å². The Bertz CT molecular complexity index is 1170. The first kappa shape index (κ1) is 22.3. The lowest BCUT2D eigenvalue weighted by molar-refractivity contribution is -0.114. The van der Waals surface area contributed by atoms with Gasteiger partial charge >= 0.3 is 0 Å². The zero-order valence-electron chi connectivity index (χ0n) is 19.3. The molecule has 6 nitrogen and oxygen atoms in total. The fourth-order valence-electron chi connectivity index (χ4n) is 4.02. The van der Waals surface area contributed by atoms with Gasteiger partial charge in [0.05, 0.1) is 5.57 Å². The number of amides is 1. The van der Waals surface area contributed by atoms with E-state index < -0.39 is 0 Å². The minimum atomic E-state index is -0.385. The number of thioether (sulfide) groups is 1. The summed E-state index contributed by atoms with van der Waals surface area (Å²) in [6.07, 6.45) is 4.66. The van der Waals surface area contributed by atoms with Crippen molar-refractivity contribution >= 4 is 39.8 Å². The van der Waals surface area contributed by atoms with Gasteiger partial charge in [-0.2, -0.15) is 15.1 Å². The van der Waals surface area contributed by atoms with E-state index in [2.05, 4.69) is 72.7 Å². The molecular weight excluding hydrogens is 418 g/mol. The van der Waals surface area contributed by atoms with Gasteiger partial charge in [-0.05, 0) is 86.2 Å². The molecule has 0 radical (unpaired) electrons. The van der Waals surface area contributed by atoms with E-state index in [9.17, 15) is 4.79 Å². The topological polar surface area (TPSA) is 73.8 Å². The van der Waals surface area contributed by atoms with Crippen molar-refractivity contribution in [1.82, 2.24) is 9.58 Å². The molecule has 2 aromatic rings. The fraction of sp³-hybridized carbons (Fsp3) is 0.360. The Kier molecular flexibility index (Phi) is 6.20. The van der Waals surface area contributed by atoms with E-state index in [1.807, 2.05) is 6.92 Å². The van der Waals surface area contributed by atoms with Gasteiger partial charge in [-0.3, -0.25) is 10.2 Å². The molecule has 0 saturated carbocycles. The van der Waals surface area contributed by atoms with Crippen LogP contribution in [0.2, 0.25) is 0 Å². The molecule has 7 heteroatoms. The molecule has 0 bridgehead atoms. The maximum absolute atomic E-state index is 12.7. The number of aryl methyl sites for hydroxylation is 1. The van der Waals surface area contributed by atoms with Crippen LogP contribution >= 0.6 is 11.8 Å². The van der Waals surface area contributed by atoms with Crippen molar-refractivity contribution in [2.45, 2.75) is 59.8 Å². The molecule has 4 rings (SSSR count). The quantitative estimate of drug-likeness (QED) is 0.550. The lowest BCUT2D eigenvalue weighted by atomic mass is 9.98. The summed E-state index contributed by atoms with van der Waals surface area (Å²) in [6.45, 7) is 10.6. The monoisotopic (exact) mass is 447 g/mol. The normalized spacial score (nSPS) is 18.2. The van der Waals surface area contributed by atoms with Gasteiger partial charge in [0.2, 0.25) is 5.17 Å². The summed E-state index contributed by atoms with van der Waals surface area (Å²) in [4.78, 5) is 16.9. The fourth-order valence-corrected chi connectivity index (χ4v) is 5.01. The van der Waals surface area contributed by atoms with Crippen molar-refractivity contribution in [3.8, 4) is 5.69 Å². The van der Waals surface area contributed by atoms with E-state index in [1.54, 1.807) is 6.08 Å². The van der Waals surface area contributed by atoms with Crippen molar-refractivity contribution in [1.29, 1.82) is 5.41 Å². The van der Waals surface area contributed by atoms with E-state index in [0.29, 0.717) is 11.1 Å². The molecule has 2 aliphatic heterocycles. The number of nitrogens with one attached hydrogen (secondary N) is 1.